The summed E-state index contributed by atoms with van der Waals surface area (Å²) in [4.78, 5) is 23.6. The van der Waals surface area contributed by atoms with Gasteiger partial charge >= 0.3 is 6.09 Å². The Morgan fingerprint density at radius 1 is 1.40 bits per heavy atom. The van der Waals surface area contributed by atoms with Crippen LogP contribution < -0.4 is 5.73 Å². The first-order chi connectivity index (χ1) is 6.73. The predicted molar refractivity (Wildman–Crippen MR) is 55.1 cm³/mol. The van der Waals surface area contributed by atoms with Gasteiger partial charge in [-0.2, -0.15) is 0 Å². The molecule has 15 heavy (non-hydrogen) atoms. The Hall–Kier alpha value is -1.26. The number of carbonyl (C=O) groups excluding carboxylic acids is 2. The van der Waals surface area contributed by atoms with Crippen molar-refractivity contribution >= 4 is 12.0 Å². The SMILES string of the molecule is CC(=O)N1CC(OC(N)=O)C1C(C)(C)C. The third-order valence-corrected chi connectivity index (χ3v) is 2.62. The van der Waals surface area contributed by atoms with Crippen molar-refractivity contribution in [3.05, 3.63) is 0 Å². The normalized spacial score (nSPS) is 25.7. The van der Waals surface area contributed by atoms with Gasteiger partial charge in [-0.25, -0.2) is 4.79 Å². The molecule has 0 bridgehead atoms. The fourth-order valence-electron chi connectivity index (χ4n) is 2.07. The van der Waals surface area contributed by atoms with E-state index in [4.69, 9.17) is 10.5 Å². The average Bonchev–Trinajstić information content (AvgIpc) is 1.91. The van der Waals surface area contributed by atoms with Crippen LogP contribution in [0, 0.1) is 5.41 Å². The maximum absolute atomic E-state index is 11.3. The van der Waals surface area contributed by atoms with E-state index in [-0.39, 0.29) is 23.5 Å². The largest absolute Gasteiger partial charge is 0.442 e. The summed E-state index contributed by atoms with van der Waals surface area (Å²) in [5, 5.41) is 0. The lowest BCUT2D eigenvalue weighted by atomic mass is 9.77. The Morgan fingerprint density at radius 3 is 2.27 bits per heavy atom. The Morgan fingerprint density at radius 2 is 1.93 bits per heavy atom. The lowest BCUT2D eigenvalue weighted by Crippen LogP contribution is -2.67. The van der Waals surface area contributed by atoms with E-state index >= 15 is 0 Å². The third-order valence-electron chi connectivity index (χ3n) is 2.62. The zero-order valence-corrected chi connectivity index (χ0v) is 9.61. The molecule has 1 saturated heterocycles. The van der Waals surface area contributed by atoms with E-state index in [0.29, 0.717) is 6.54 Å². The standard InChI is InChI=1S/C10H18N2O3/c1-6(13)12-5-7(15-9(11)14)8(12)10(2,3)4/h7-8H,5H2,1-4H3,(H2,11,14). The van der Waals surface area contributed by atoms with E-state index in [9.17, 15) is 9.59 Å². The molecule has 0 aromatic rings. The van der Waals surface area contributed by atoms with Crippen molar-refractivity contribution < 1.29 is 14.3 Å². The monoisotopic (exact) mass is 214 g/mol. The molecule has 0 spiro atoms. The molecule has 2 amide bonds. The number of carbonyl (C=O) groups is 2. The quantitative estimate of drug-likeness (QED) is 0.699. The van der Waals surface area contributed by atoms with E-state index in [2.05, 4.69) is 0 Å². The van der Waals surface area contributed by atoms with E-state index in [1.165, 1.54) is 6.92 Å². The maximum atomic E-state index is 11.3. The van der Waals surface area contributed by atoms with E-state index < -0.39 is 6.09 Å². The molecule has 5 heteroatoms. The number of likely N-dealkylation sites (tertiary alicyclic amines) is 1. The van der Waals surface area contributed by atoms with Crippen LogP contribution >= 0.6 is 0 Å². The first-order valence-electron chi connectivity index (χ1n) is 4.97. The first kappa shape index (κ1) is 11.8. The van der Waals surface area contributed by atoms with Gasteiger partial charge < -0.3 is 15.4 Å². The second-order valence-corrected chi connectivity index (χ2v) is 4.96. The number of nitrogens with two attached hydrogens (primary N) is 1. The van der Waals surface area contributed by atoms with Gasteiger partial charge in [0.15, 0.2) is 0 Å². The second-order valence-electron chi connectivity index (χ2n) is 4.96. The smallest absolute Gasteiger partial charge is 0.404 e. The van der Waals surface area contributed by atoms with Crippen LogP contribution in [0.4, 0.5) is 4.79 Å². The van der Waals surface area contributed by atoms with Crippen molar-refractivity contribution in [2.45, 2.75) is 39.8 Å². The molecule has 0 saturated carbocycles. The molecule has 0 aromatic carbocycles. The highest BCUT2D eigenvalue weighted by molar-refractivity contribution is 5.75. The molecule has 1 heterocycles. The van der Waals surface area contributed by atoms with Gasteiger partial charge in [0.05, 0.1) is 12.6 Å². The van der Waals surface area contributed by atoms with Crippen molar-refractivity contribution in [3.63, 3.8) is 0 Å². The van der Waals surface area contributed by atoms with Crippen molar-refractivity contribution in [2.24, 2.45) is 11.1 Å². The van der Waals surface area contributed by atoms with Crippen molar-refractivity contribution in [1.82, 2.24) is 4.90 Å². The molecular formula is C10H18N2O3. The minimum absolute atomic E-state index is 0.000699. The van der Waals surface area contributed by atoms with Crippen molar-refractivity contribution in [1.29, 1.82) is 0 Å². The minimum Gasteiger partial charge on any atom is -0.442 e. The number of ether oxygens (including phenoxy) is 1. The molecule has 86 valence electrons. The molecule has 2 atom stereocenters. The lowest BCUT2D eigenvalue weighted by molar-refractivity contribution is -0.158. The first-order valence-corrected chi connectivity index (χ1v) is 4.97. The van der Waals surface area contributed by atoms with Crippen LogP contribution in [0.2, 0.25) is 0 Å². The van der Waals surface area contributed by atoms with E-state index in [1.807, 2.05) is 20.8 Å². The zero-order chi connectivity index (χ0) is 11.8. The molecule has 2 N–H and O–H groups in total. The average molecular weight is 214 g/mol. The van der Waals surface area contributed by atoms with Crippen LogP contribution in [-0.4, -0.2) is 35.6 Å². The van der Waals surface area contributed by atoms with Gasteiger partial charge in [-0.1, -0.05) is 20.8 Å². The summed E-state index contributed by atoms with van der Waals surface area (Å²) in [5.74, 6) is -0.000699. The summed E-state index contributed by atoms with van der Waals surface area (Å²) in [6.45, 7) is 7.97. The zero-order valence-electron chi connectivity index (χ0n) is 9.61. The number of rotatable bonds is 1. The topological polar surface area (TPSA) is 72.6 Å². The summed E-state index contributed by atoms with van der Waals surface area (Å²) >= 11 is 0. The Bertz CT molecular complexity index is 283. The molecule has 2 unspecified atom stereocenters. The van der Waals surface area contributed by atoms with Crippen molar-refractivity contribution in [2.75, 3.05) is 6.54 Å². The Balaban J connectivity index is 2.72. The molecular weight excluding hydrogens is 196 g/mol. The fourth-order valence-corrected chi connectivity index (χ4v) is 2.07. The second kappa shape index (κ2) is 3.72. The van der Waals surface area contributed by atoms with Gasteiger partial charge in [-0.3, -0.25) is 4.79 Å². The van der Waals surface area contributed by atoms with Gasteiger partial charge in [0.1, 0.15) is 6.10 Å². The number of hydrogen-bond acceptors (Lipinski definition) is 3. The summed E-state index contributed by atoms with van der Waals surface area (Å²) in [6, 6.07) is -0.0810. The van der Waals surface area contributed by atoms with Crippen LogP contribution in [0.15, 0.2) is 0 Å². The lowest BCUT2D eigenvalue weighted by Gasteiger charge is -2.52. The summed E-state index contributed by atoms with van der Waals surface area (Å²) < 4.78 is 4.95. The summed E-state index contributed by atoms with van der Waals surface area (Å²) in [6.07, 6.45) is -1.05. The molecule has 0 radical (unpaired) electrons. The van der Waals surface area contributed by atoms with Gasteiger partial charge in [0.25, 0.3) is 0 Å². The van der Waals surface area contributed by atoms with Crippen molar-refractivity contribution in [3.8, 4) is 0 Å². The number of primary amides is 1. The maximum Gasteiger partial charge on any atom is 0.404 e. The summed E-state index contributed by atoms with van der Waals surface area (Å²) in [7, 11) is 0. The van der Waals surface area contributed by atoms with E-state index in [0.717, 1.165) is 0 Å². The highest BCUT2D eigenvalue weighted by Crippen LogP contribution is 2.35. The van der Waals surface area contributed by atoms with Gasteiger partial charge in [0.2, 0.25) is 5.91 Å². The molecule has 0 aliphatic carbocycles. The Labute approximate surface area is 89.6 Å². The number of hydrogen-bond donors (Lipinski definition) is 1. The Kier molecular flexibility index (Phi) is 2.93. The van der Waals surface area contributed by atoms with Crippen LogP contribution in [0.25, 0.3) is 0 Å². The van der Waals surface area contributed by atoms with Gasteiger partial charge in [-0.05, 0) is 5.41 Å². The highest BCUT2D eigenvalue weighted by Gasteiger charge is 2.49. The summed E-state index contributed by atoms with van der Waals surface area (Å²) in [5.41, 5.74) is 4.84. The van der Waals surface area contributed by atoms with Crippen LogP contribution in [0.3, 0.4) is 0 Å². The fraction of sp³-hybridized carbons (Fsp3) is 0.800. The predicted octanol–water partition coefficient (Wildman–Crippen LogP) is 0.727. The third kappa shape index (κ3) is 2.40. The number of nitrogens with zero attached hydrogens (tertiary/aromatic N) is 1. The van der Waals surface area contributed by atoms with Gasteiger partial charge in [0, 0.05) is 6.92 Å². The molecule has 1 fully saturated rings. The molecule has 5 nitrogen and oxygen atoms in total. The van der Waals surface area contributed by atoms with Crippen LogP contribution in [-0.2, 0) is 9.53 Å². The molecule has 1 aliphatic heterocycles. The minimum atomic E-state index is -0.780. The highest BCUT2D eigenvalue weighted by atomic mass is 16.6. The van der Waals surface area contributed by atoms with Crippen LogP contribution in [0.5, 0.6) is 0 Å². The molecule has 1 rings (SSSR count). The molecule has 0 aromatic heterocycles. The molecule has 1 aliphatic rings. The van der Waals surface area contributed by atoms with Crippen LogP contribution in [0.1, 0.15) is 27.7 Å². The number of amides is 2. The van der Waals surface area contributed by atoms with E-state index in [1.54, 1.807) is 4.90 Å². The van der Waals surface area contributed by atoms with Gasteiger partial charge in [-0.15, -0.1) is 0 Å².